The molecule has 0 fully saturated rings. The Morgan fingerprint density at radius 1 is 0.710 bits per heavy atom. The van der Waals surface area contributed by atoms with Crippen LogP contribution in [0, 0.1) is 0 Å². The highest BCUT2D eigenvalue weighted by Crippen LogP contribution is 2.15. The monoisotopic (exact) mass is 417 g/mol. The van der Waals surface area contributed by atoms with Crippen LogP contribution in [-0.4, -0.2) is 37.4 Å². The molecule has 6 heteroatoms. The molecule has 0 aromatic heterocycles. The van der Waals surface area contributed by atoms with Crippen molar-refractivity contribution in [3.05, 3.63) is 102 Å². The average molecular weight is 417 g/mol. The topological polar surface area (TPSA) is 81.7 Å². The summed E-state index contributed by atoms with van der Waals surface area (Å²) < 4.78 is 10.3. The van der Waals surface area contributed by atoms with E-state index in [1.54, 1.807) is 48.5 Å². The lowest BCUT2D eigenvalue weighted by Gasteiger charge is -2.08. The molecule has 0 aliphatic heterocycles. The van der Waals surface area contributed by atoms with Crippen LogP contribution in [0.4, 0.5) is 0 Å². The average Bonchev–Trinajstić information content (AvgIpc) is 2.82. The van der Waals surface area contributed by atoms with Gasteiger partial charge in [0.2, 0.25) is 0 Å². The van der Waals surface area contributed by atoms with Crippen LogP contribution < -0.4 is 10.1 Å². The fourth-order valence-electron chi connectivity index (χ4n) is 2.83. The number of hydrogen-bond acceptors (Lipinski definition) is 5. The van der Waals surface area contributed by atoms with E-state index in [2.05, 4.69) is 5.32 Å². The van der Waals surface area contributed by atoms with Gasteiger partial charge < -0.3 is 14.8 Å². The number of carbonyl (C=O) groups excluding carboxylic acids is 3. The van der Waals surface area contributed by atoms with E-state index in [1.807, 2.05) is 36.4 Å². The second-order valence-corrected chi connectivity index (χ2v) is 6.75. The highest BCUT2D eigenvalue weighted by Gasteiger charge is 2.10. The van der Waals surface area contributed by atoms with Crippen molar-refractivity contribution < 1.29 is 23.9 Å². The molecule has 0 unspecified atom stereocenters. The number of carbonyl (C=O) groups is 3. The maximum atomic E-state index is 12.4. The number of benzene rings is 3. The molecule has 0 radical (unpaired) electrons. The first-order chi connectivity index (χ1) is 15.1. The highest BCUT2D eigenvalue weighted by atomic mass is 16.6. The lowest BCUT2D eigenvalue weighted by molar-refractivity contribution is -0.150. The van der Waals surface area contributed by atoms with Gasteiger partial charge in [0.05, 0.1) is 0 Å². The molecule has 0 spiro atoms. The van der Waals surface area contributed by atoms with Crippen molar-refractivity contribution in [2.24, 2.45) is 0 Å². The van der Waals surface area contributed by atoms with E-state index in [9.17, 15) is 14.4 Å². The minimum Gasteiger partial charge on any atom is -0.482 e. The number of hydrogen-bond donors (Lipinski definition) is 1. The zero-order valence-electron chi connectivity index (χ0n) is 17.0. The SMILES string of the molecule is O=C(COC(=O)COc1ccc(C(=O)c2ccccc2)cc1)NCCc1ccccc1. The van der Waals surface area contributed by atoms with Crippen LogP contribution >= 0.6 is 0 Å². The van der Waals surface area contributed by atoms with Gasteiger partial charge in [-0.05, 0) is 36.2 Å². The smallest absolute Gasteiger partial charge is 0.344 e. The Balaban J connectivity index is 1.35. The van der Waals surface area contributed by atoms with E-state index >= 15 is 0 Å². The van der Waals surface area contributed by atoms with Crippen LogP contribution in [0.25, 0.3) is 0 Å². The molecule has 31 heavy (non-hydrogen) atoms. The molecule has 3 rings (SSSR count). The third-order valence-corrected chi connectivity index (χ3v) is 4.45. The van der Waals surface area contributed by atoms with Crippen molar-refractivity contribution in [3.63, 3.8) is 0 Å². The standard InChI is InChI=1S/C25H23NO5/c27-23(26-16-15-19-7-3-1-4-8-19)17-31-24(28)18-30-22-13-11-21(12-14-22)25(29)20-9-5-2-6-10-20/h1-14H,15-18H2,(H,26,27). The molecular formula is C25H23NO5. The molecular weight excluding hydrogens is 394 g/mol. The summed E-state index contributed by atoms with van der Waals surface area (Å²) in [7, 11) is 0. The summed E-state index contributed by atoms with van der Waals surface area (Å²) in [6, 6.07) is 25.2. The minimum atomic E-state index is -0.650. The molecule has 0 aliphatic rings. The Morgan fingerprint density at radius 3 is 2.00 bits per heavy atom. The number of ether oxygens (including phenoxy) is 2. The van der Waals surface area contributed by atoms with E-state index in [1.165, 1.54) is 0 Å². The molecule has 0 atom stereocenters. The first-order valence-electron chi connectivity index (χ1n) is 9.90. The zero-order chi connectivity index (χ0) is 21.9. The number of nitrogens with one attached hydrogen (secondary N) is 1. The van der Waals surface area contributed by atoms with E-state index in [-0.39, 0.29) is 24.9 Å². The van der Waals surface area contributed by atoms with Crippen molar-refractivity contribution in [2.75, 3.05) is 19.8 Å². The van der Waals surface area contributed by atoms with Gasteiger partial charge in [-0.25, -0.2) is 4.79 Å². The fraction of sp³-hybridized carbons (Fsp3) is 0.160. The van der Waals surface area contributed by atoms with Crippen molar-refractivity contribution in [1.29, 1.82) is 0 Å². The third-order valence-electron chi connectivity index (χ3n) is 4.45. The van der Waals surface area contributed by atoms with E-state index in [0.29, 0.717) is 29.8 Å². The number of esters is 1. The van der Waals surface area contributed by atoms with E-state index in [4.69, 9.17) is 9.47 Å². The minimum absolute atomic E-state index is 0.0927. The number of ketones is 1. The molecule has 0 saturated heterocycles. The van der Waals surface area contributed by atoms with Crippen LogP contribution in [0.2, 0.25) is 0 Å². The highest BCUT2D eigenvalue weighted by molar-refractivity contribution is 6.08. The Morgan fingerprint density at radius 2 is 1.32 bits per heavy atom. The van der Waals surface area contributed by atoms with Gasteiger partial charge in [0, 0.05) is 17.7 Å². The summed E-state index contributed by atoms with van der Waals surface area (Å²) in [6.45, 7) is -0.226. The molecule has 3 aromatic rings. The fourth-order valence-corrected chi connectivity index (χ4v) is 2.83. The molecule has 0 saturated carbocycles. The van der Waals surface area contributed by atoms with Crippen LogP contribution in [0.1, 0.15) is 21.5 Å². The van der Waals surface area contributed by atoms with Gasteiger partial charge in [0.1, 0.15) is 5.75 Å². The van der Waals surface area contributed by atoms with Gasteiger partial charge >= 0.3 is 5.97 Å². The summed E-state index contributed by atoms with van der Waals surface area (Å²) >= 11 is 0. The molecule has 6 nitrogen and oxygen atoms in total. The van der Waals surface area contributed by atoms with Gasteiger partial charge in [0.25, 0.3) is 5.91 Å². The summed E-state index contributed by atoms with van der Waals surface area (Å²) in [5.41, 5.74) is 2.24. The van der Waals surface area contributed by atoms with Crippen LogP contribution in [0.15, 0.2) is 84.9 Å². The van der Waals surface area contributed by atoms with Crippen molar-refractivity contribution in [2.45, 2.75) is 6.42 Å². The van der Waals surface area contributed by atoms with Crippen molar-refractivity contribution >= 4 is 17.7 Å². The Bertz CT molecular complexity index is 1000. The van der Waals surface area contributed by atoms with Crippen LogP contribution in [-0.2, 0) is 20.7 Å². The zero-order valence-corrected chi connectivity index (χ0v) is 17.0. The van der Waals surface area contributed by atoms with E-state index in [0.717, 1.165) is 5.56 Å². The van der Waals surface area contributed by atoms with Gasteiger partial charge in [-0.1, -0.05) is 60.7 Å². The predicted octanol–water partition coefficient (Wildman–Crippen LogP) is 3.20. The molecule has 0 bridgehead atoms. The summed E-state index contributed by atoms with van der Waals surface area (Å²) in [5, 5.41) is 2.70. The molecule has 3 aromatic carbocycles. The second kappa shape index (κ2) is 11.3. The van der Waals surface area contributed by atoms with Crippen LogP contribution in [0.5, 0.6) is 5.75 Å². The maximum absolute atomic E-state index is 12.4. The Hall–Kier alpha value is -3.93. The van der Waals surface area contributed by atoms with Crippen molar-refractivity contribution in [1.82, 2.24) is 5.32 Å². The van der Waals surface area contributed by atoms with Gasteiger partial charge in [-0.2, -0.15) is 0 Å². The normalized spacial score (nSPS) is 10.2. The Labute approximate surface area is 180 Å². The first-order valence-corrected chi connectivity index (χ1v) is 9.90. The molecule has 0 aliphatic carbocycles. The lowest BCUT2D eigenvalue weighted by Crippen LogP contribution is -2.31. The number of amides is 1. The predicted molar refractivity (Wildman–Crippen MR) is 116 cm³/mol. The third kappa shape index (κ3) is 7.12. The number of rotatable bonds is 10. The molecule has 158 valence electrons. The maximum Gasteiger partial charge on any atom is 0.344 e. The molecule has 0 heterocycles. The van der Waals surface area contributed by atoms with Crippen LogP contribution in [0.3, 0.4) is 0 Å². The quantitative estimate of drug-likeness (QED) is 0.405. The van der Waals surface area contributed by atoms with Gasteiger partial charge in [-0.15, -0.1) is 0 Å². The summed E-state index contributed by atoms with van der Waals surface area (Å²) in [5.74, 6) is -0.686. The Kier molecular flexibility index (Phi) is 7.94. The molecule has 1 N–H and O–H groups in total. The summed E-state index contributed by atoms with van der Waals surface area (Å²) in [4.78, 5) is 35.9. The molecule has 1 amide bonds. The van der Waals surface area contributed by atoms with Crippen molar-refractivity contribution in [3.8, 4) is 5.75 Å². The second-order valence-electron chi connectivity index (χ2n) is 6.75. The van der Waals surface area contributed by atoms with Gasteiger partial charge in [-0.3, -0.25) is 9.59 Å². The summed E-state index contributed by atoms with van der Waals surface area (Å²) in [6.07, 6.45) is 0.701. The lowest BCUT2D eigenvalue weighted by atomic mass is 10.0. The van der Waals surface area contributed by atoms with Gasteiger partial charge in [0.15, 0.2) is 19.0 Å². The van der Waals surface area contributed by atoms with E-state index < -0.39 is 5.97 Å². The first kappa shape index (κ1) is 21.8. The largest absolute Gasteiger partial charge is 0.482 e.